The quantitative estimate of drug-likeness (QED) is 0.575. The largest absolute Gasteiger partial charge is 0.394 e. The second-order valence-electron chi connectivity index (χ2n) is 3.49. The van der Waals surface area contributed by atoms with E-state index < -0.39 is 0 Å². The van der Waals surface area contributed by atoms with Crippen LogP contribution in [0.5, 0.6) is 0 Å². The molecule has 0 atom stereocenters. The maximum absolute atomic E-state index is 8.44. The average molecular weight is 175 g/mol. The molecule has 0 bridgehead atoms. The van der Waals surface area contributed by atoms with Crippen LogP contribution in [0.3, 0.4) is 0 Å². The third kappa shape index (κ3) is 7.98. The summed E-state index contributed by atoms with van der Waals surface area (Å²) in [4.78, 5) is 2.24. The van der Waals surface area contributed by atoms with E-state index in [4.69, 9.17) is 9.84 Å². The minimum atomic E-state index is 0.119. The molecule has 0 aliphatic heterocycles. The summed E-state index contributed by atoms with van der Waals surface area (Å²) < 4.78 is 5.14. The van der Waals surface area contributed by atoms with Gasteiger partial charge in [0.15, 0.2) is 0 Å². The second kappa shape index (κ2) is 7.53. The number of likely N-dealkylation sites (N-methyl/N-ethyl adjacent to an activating group) is 1. The van der Waals surface area contributed by atoms with Gasteiger partial charge in [-0.1, -0.05) is 13.8 Å². The van der Waals surface area contributed by atoms with E-state index in [1.54, 1.807) is 0 Å². The van der Waals surface area contributed by atoms with Crippen LogP contribution < -0.4 is 0 Å². The first-order valence-corrected chi connectivity index (χ1v) is 4.54. The molecule has 0 aromatic carbocycles. The van der Waals surface area contributed by atoms with Crippen LogP contribution in [-0.2, 0) is 4.74 Å². The summed E-state index contributed by atoms with van der Waals surface area (Å²) in [5.74, 6) is 0.702. The Morgan fingerprint density at radius 1 is 1.33 bits per heavy atom. The fraction of sp³-hybridized carbons (Fsp3) is 1.00. The van der Waals surface area contributed by atoms with Crippen LogP contribution in [0.15, 0.2) is 0 Å². The summed E-state index contributed by atoms with van der Waals surface area (Å²) in [7, 11) is 2.09. The summed E-state index contributed by atoms with van der Waals surface area (Å²) >= 11 is 0. The molecule has 0 fully saturated rings. The summed E-state index contributed by atoms with van der Waals surface area (Å²) in [6.45, 7) is 7.73. The second-order valence-corrected chi connectivity index (χ2v) is 3.49. The molecule has 0 aliphatic rings. The maximum Gasteiger partial charge on any atom is 0.0698 e. The number of nitrogens with zero attached hydrogens (tertiary/aromatic N) is 1. The van der Waals surface area contributed by atoms with Crippen molar-refractivity contribution >= 4 is 0 Å². The standard InChI is InChI=1S/C9H21NO2/c1-9(2)8-10(3)4-6-12-7-5-11/h9,11H,4-8H2,1-3H3. The van der Waals surface area contributed by atoms with Crippen LogP contribution in [0.2, 0.25) is 0 Å². The Kier molecular flexibility index (Phi) is 7.45. The number of rotatable bonds is 7. The fourth-order valence-corrected chi connectivity index (χ4v) is 1.10. The van der Waals surface area contributed by atoms with Crippen LogP contribution in [0.25, 0.3) is 0 Å². The van der Waals surface area contributed by atoms with E-state index in [9.17, 15) is 0 Å². The van der Waals surface area contributed by atoms with Gasteiger partial charge >= 0.3 is 0 Å². The fourth-order valence-electron chi connectivity index (χ4n) is 1.10. The van der Waals surface area contributed by atoms with Crippen molar-refractivity contribution < 1.29 is 9.84 Å². The molecule has 0 saturated heterocycles. The molecule has 12 heavy (non-hydrogen) atoms. The molecular formula is C9H21NO2. The van der Waals surface area contributed by atoms with Crippen molar-refractivity contribution in [2.24, 2.45) is 5.92 Å². The van der Waals surface area contributed by atoms with Gasteiger partial charge in [0.1, 0.15) is 0 Å². The van der Waals surface area contributed by atoms with Gasteiger partial charge in [0, 0.05) is 13.1 Å². The molecule has 3 heteroatoms. The zero-order chi connectivity index (χ0) is 9.40. The van der Waals surface area contributed by atoms with Gasteiger partial charge in [0.2, 0.25) is 0 Å². The first-order valence-electron chi connectivity index (χ1n) is 4.54. The van der Waals surface area contributed by atoms with E-state index in [0.717, 1.165) is 13.1 Å². The first-order chi connectivity index (χ1) is 5.66. The molecule has 0 radical (unpaired) electrons. The Balaban J connectivity index is 3.14. The molecule has 0 amide bonds. The first kappa shape index (κ1) is 11.9. The van der Waals surface area contributed by atoms with Crippen molar-refractivity contribution in [1.29, 1.82) is 0 Å². The molecule has 0 aromatic rings. The van der Waals surface area contributed by atoms with Crippen molar-refractivity contribution in [3.05, 3.63) is 0 Å². The highest BCUT2D eigenvalue weighted by atomic mass is 16.5. The van der Waals surface area contributed by atoms with Gasteiger partial charge in [-0.3, -0.25) is 0 Å². The molecule has 74 valence electrons. The van der Waals surface area contributed by atoms with Crippen LogP contribution >= 0.6 is 0 Å². The van der Waals surface area contributed by atoms with Crippen molar-refractivity contribution in [1.82, 2.24) is 4.90 Å². The Labute approximate surface area is 75.3 Å². The summed E-state index contributed by atoms with van der Waals surface area (Å²) in [6, 6.07) is 0. The smallest absolute Gasteiger partial charge is 0.0698 e. The lowest BCUT2D eigenvalue weighted by molar-refractivity contribution is 0.0766. The number of hydrogen-bond acceptors (Lipinski definition) is 3. The molecular weight excluding hydrogens is 154 g/mol. The highest BCUT2D eigenvalue weighted by molar-refractivity contribution is 4.53. The van der Waals surface area contributed by atoms with Crippen molar-refractivity contribution in [3.8, 4) is 0 Å². The highest BCUT2D eigenvalue weighted by Crippen LogP contribution is 1.94. The van der Waals surface area contributed by atoms with Gasteiger partial charge in [-0.2, -0.15) is 0 Å². The number of aliphatic hydroxyl groups is 1. The lowest BCUT2D eigenvalue weighted by atomic mass is 10.2. The van der Waals surface area contributed by atoms with E-state index in [-0.39, 0.29) is 6.61 Å². The van der Waals surface area contributed by atoms with E-state index in [1.165, 1.54) is 0 Å². The predicted molar refractivity (Wildman–Crippen MR) is 50.2 cm³/mol. The van der Waals surface area contributed by atoms with Gasteiger partial charge in [0.05, 0.1) is 19.8 Å². The van der Waals surface area contributed by atoms with Gasteiger partial charge in [0.25, 0.3) is 0 Å². The highest BCUT2D eigenvalue weighted by Gasteiger charge is 2.00. The lowest BCUT2D eigenvalue weighted by Gasteiger charge is -2.18. The van der Waals surface area contributed by atoms with Crippen molar-refractivity contribution in [2.45, 2.75) is 13.8 Å². The van der Waals surface area contributed by atoms with Gasteiger partial charge in [-0.05, 0) is 13.0 Å². The summed E-state index contributed by atoms with van der Waals surface area (Å²) in [6.07, 6.45) is 0. The van der Waals surface area contributed by atoms with E-state index >= 15 is 0 Å². The Morgan fingerprint density at radius 3 is 2.50 bits per heavy atom. The molecule has 0 heterocycles. The molecule has 0 saturated carbocycles. The number of aliphatic hydroxyl groups excluding tert-OH is 1. The monoisotopic (exact) mass is 175 g/mol. The van der Waals surface area contributed by atoms with E-state index in [1.807, 2.05) is 0 Å². The van der Waals surface area contributed by atoms with Crippen molar-refractivity contribution in [3.63, 3.8) is 0 Å². The third-order valence-corrected chi connectivity index (χ3v) is 1.53. The van der Waals surface area contributed by atoms with Gasteiger partial charge < -0.3 is 14.7 Å². The van der Waals surface area contributed by atoms with Gasteiger partial charge in [-0.15, -0.1) is 0 Å². The number of hydrogen-bond donors (Lipinski definition) is 1. The molecule has 0 aromatic heterocycles. The zero-order valence-corrected chi connectivity index (χ0v) is 8.42. The minimum Gasteiger partial charge on any atom is -0.394 e. The van der Waals surface area contributed by atoms with Crippen LogP contribution in [0.4, 0.5) is 0 Å². The SMILES string of the molecule is CC(C)CN(C)CCOCCO. The van der Waals surface area contributed by atoms with E-state index in [0.29, 0.717) is 19.1 Å². The third-order valence-electron chi connectivity index (χ3n) is 1.53. The number of ether oxygens (including phenoxy) is 1. The normalized spacial score (nSPS) is 11.5. The van der Waals surface area contributed by atoms with Gasteiger partial charge in [-0.25, -0.2) is 0 Å². The molecule has 0 unspecified atom stereocenters. The van der Waals surface area contributed by atoms with Crippen LogP contribution in [0.1, 0.15) is 13.8 Å². The molecule has 0 aliphatic carbocycles. The van der Waals surface area contributed by atoms with E-state index in [2.05, 4.69) is 25.8 Å². The van der Waals surface area contributed by atoms with Crippen molar-refractivity contribution in [2.75, 3.05) is 40.0 Å². The molecule has 0 spiro atoms. The predicted octanol–water partition coefficient (Wildman–Crippen LogP) is 0.583. The zero-order valence-electron chi connectivity index (χ0n) is 8.42. The Bertz CT molecular complexity index is 96.5. The molecule has 1 N–H and O–H groups in total. The Hall–Kier alpha value is -0.120. The topological polar surface area (TPSA) is 32.7 Å². The average Bonchev–Trinajstić information content (AvgIpc) is 1.97. The van der Waals surface area contributed by atoms with Crippen LogP contribution in [-0.4, -0.2) is 50.0 Å². The molecule has 0 rings (SSSR count). The minimum absolute atomic E-state index is 0.119. The molecule has 3 nitrogen and oxygen atoms in total. The lowest BCUT2D eigenvalue weighted by Crippen LogP contribution is -2.27. The summed E-state index contributed by atoms with van der Waals surface area (Å²) in [5, 5.41) is 8.44. The summed E-state index contributed by atoms with van der Waals surface area (Å²) in [5.41, 5.74) is 0. The Morgan fingerprint density at radius 2 is 2.00 bits per heavy atom. The van der Waals surface area contributed by atoms with Crippen LogP contribution in [0, 0.1) is 5.92 Å². The maximum atomic E-state index is 8.44.